The van der Waals surface area contributed by atoms with E-state index in [1.54, 1.807) is 0 Å². The average Bonchev–Trinajstić information content (AvgIpc) is 3.05. The van der Waals surface area contributed by atoms with E-state index in [4.69, 9.17) is 4.74 Å². The van der Waals surface area contributed by atoms with Crippen LogP contribution < -0.4 is 5.32 Å². The normalized spacial score (nSPS) is 47.0. The molecule has 1 aromatic rings. The van der Waals surface area contributed by atoms with Crippen LogP contribution >= 0.6 is 0 Å². The molecule has 4 saturated heterocycles. The van der Waals surface area contributed by atoms with Crippen molar-refractivity contribution in [1.29, 1.82) is 0 Å². The first-order chi connectivity index (χ1) is 11.2. The van der Waals surface area contributed by atoms with E-state index >= 15 is 0 Å². The fraction of sp³-hybridized carbons (Fsp3) is 0.579. The molecule has 23 heavy (non-hydrogen) atoms. The van der Waals surface area contributed by atoms with Crippen LogP contribution in [0.1, 0.15) is 24.8 Å². The number of hydrogen-bond acceptors (Lipinski definition) is 4. The Labute approximate surface area is 137 Å². The first kappa shape index (κ1) is 14.0. The van der Waals surface area contributed by atoms with Crippen LogP contribution in [-0.4, -0.2) is 41.5 Å². The summed E-state index contributed by atoms with van der Waals surface area (Å²) in [6, 6.07) is 8.35. The predicted molar refractivity (Wildman–Crippen MR) is 89.0 cm³/mol. The van der Waals surface area contributed by atoms with Crippen LogP contribution in [0, 0.1) is 11.8 Å². The van der Waals surface area contributed by atoms with E-state index in [-0.39, 0.29) is 6.04 Å². The largest absolute Gasteiger partial charge is 0.380 e. The average molecular weight is 312 g/mol. The Morgan fingerprint density at radius 3 is 3.04 bits per heavy atom. The number of fused-ring (bicyclic) bond motifs is 7. The van der Waals surface area contributed by atoms with E-state index in [0.29, 0.717) is 24.9 Å². The van der Waals surface area contributed by atoms with Crippen molar-refractivity contribution < 1.29 is 9.84 Å². The van der Waals surface area contributed by atoms with Crippen LogP contribution in [0.2, 0.25) is 0 Å². The van der Waals surface area contributed by atoms with Gasteiger partial charge in [0, 0.05) is 24.2 Å². The van der Waals surface area contributed by atoms with Gasteiger partial charge in [-0.05, 0) is 37.3 Å². The third kappa shape index (κ3) is 1.61. The number of benzene rings is 1. The summed E-state index contributed by atoms with van der Waals surface area (Å²) in [6.07, 6.45) is 5.08. The number of ether oxygens (including phenoxy) is 1. The highest BCUT2D eigenvalue weighted by Gasteiger charge is 2.67. The number of rotatable bonds is 2. The van der Waals surface area contributed by atoms with Crippen LogP contribution in [-0.2, 0) is 10.3 Å². The molecule has 6 rings (SSSR count). The van der Waals surface area contributed by atoms with E-state index in [1.165, 1.54) is 6.42 Å². The number of aliphatic hydroxyl groups is 1. The summed E-state index contributed by atoms with van der Waals surface area (Å²) in [6.45, 7) is 6.76. The molecule has 4 nitrogen and oxygen atoms in total. The Kier molecular flexibility index (Phi) is 2.80. The highest BCUT2D eigenvalue weighted by molar-refractivity contribution is 5.63. The molecular weight excluding hydrogens is 288 g/mol. The van der Waals surface area contributed by atoms with E-state index in [1.807, 2.05) is 18.2 Å². The van der Waals surface area contributed by atoms with E-state index < -0.39 is 11.3 Å². The molecule has 4 fully saturated rings. The molecule has 1 aromatic carbocycles. The zero-order chi connectivity index (χ0) is 15.7. The van der Waals surface area contributed by atoms with E-state index in [0.717, 1.165) is 30.8 Å². The van der Waals surface area contributed by atoms with Gasteiger partial charge in [0.25, 0.3) is 0 Å². The fourth-order valence-corrected chi connectivity index (χ4v) is 5.51. The second-order valence-corrected chi connectivity index (χ2v) is 7.56. The van der Waals surface area contributed by atoms with Gasteiger partial charge in [-0.2, -0.15) is 0 Å². The molecule has 0 spiro atoms. The second kappa shape index (κ2) is 4.59. The monoisotopic (exact) mass is 312 g/mol. The van der Waals surface area contributed by atoms with E-state index in [2.05, 4.69) is 28.9 Å². The predicted octanol–water partition coefficient (Wildman–Crippen LogP) is 2.31. The summed E-state index contributed by atoms with van der Waals surface area (Å²) >= 11 is 0. The van der Waals surface area contributed by atoms with Crippen molar-refractivity contribution in [1.82, 2.24) is 4.90 Å². The molecule has 0 aliphatic carbocycles. The molecule has 122 valence electrons. The fourth-order valence-electron chi connectivity index (χ4n) is 5.51. The number of anilines is 1. The highest BCUT2D eigenvalue weighted by Crippen LogP contribution is 2.57. The zero-order valence-electron chi connectivity index (χ0n) is 13.4. The minimum absolute atomic E-state index is 0.220. The third-order valence-electron chi connectivity index (χ3n) is 6.68. The van der Waals surface area contributed by atoms with Crippen molar-refractivity contribution in [2.75, 3.05) is 25.0 Å². The van der Waals surface area contributed by atoms with Gasteiger partial charge in [0.15, 0.2) is 5.72 Å². The van der Waals surface area contributed by atoms with Crippen molar-refractivity contribution in [3.63, 3.8) is 0 Å². The number of piperidine rings is 3. The molecule has 0 saturated carbocycles. The molecule has 5 aliphatic rings. The Hall–Kier alpha value is -1.36. The molecule has 0 amide bonds. The van der Waals surface area contributed by atoms with Gasteiger partial charge in [-0.3, -0.25) is 4.90 Å². The zero-order valence-corrected chi connectivity index (χ0v) is 13.4. The highest BCUT2D eigenvalue weighted by atomic mass is 16.5. The molecular formula is C19H24N2O2. The van der Waals surface area contributed by atoms with Crippen LogP contribution in [0.15, 0.2) is 36.9 Å². The molecule has 6 atom stereocenters. The lowest BCUT2D eigenvalue weighted by molar-refractivity contribution is -0.168. The third-order valence-corrected chi connectivity index (χ3v) is 6.68. The maximum atomic E-state index is 11.6. The number of hydrogen-bond donors (Lipinski definition) is 2. The lowest BCUT2D eigenvalue weighted by Gasteiger charge is -2.55. The van der Waals surface area contributed by atoms with Crippen LogP contribution in [0.3, 0.4) is 0 Å². The quantitative estimate of drug-likeness (QED) is 0.823. The Morgan fingerprint density at radius 1 is 1.39 bits per heavy atom. The van der Waals surface area contributed by atoms with E-state index in [9.17, 15) is 5.11 Å². The standard InChI is InChI=1S/C19H24N2O2/c1-2-13-12-21-9-7-14(13)11-17(21)19-18(22,8-10-23-19)15-5-3-4-6-16(15)20-19/h2-6,13-14,17,20,22H,1,7-12H2/t13-,14-,17-,18+,19-/m1/s1. The molecule has 2 bridgehead atoms. The second-order valence-electron chi connectivity index (χ2n) is 7.56. The summed E-state index contributed by atoms with van der Waals surface area (Å²) in [7, 11) is 0. The van der Waals surface area contributed by atoms with Crippen LogP contribution in [0.25, 0.3) is 0 Å². The summed E-state index contributed by atoms with van der Waals surface area (Å²) in [5.41, 5.74) is 0.412. The van der Waals surface area contributed by atoms with Gasteiger partial charge >= 0.3 is 0 Å². The Bertz CT molecular complexity index is 663. The molecule has 1 unspecified atom stereocenters. The molecule has 0 radical (unpaired) electrons. The topological polar surface area (TPSA) is 44.7 Å². The van der Waals surface area contributed by atoms with Crippen molar-refractivity contribution in [3.8, 4) is 0 Å². The maximum Gasteiger partial charge on any atom is 0.187 e. The summed E-state index contributed by atoms with van der Waals surface area (Å²) in [5.74, 6) is 1.24. The van der Waals surface area contributed by atoms with Gasteiger partial charge in [-0.1, -0.05) is 24.3 Å². The molecule has 2 N–H and O–H groups in total. The van der Waals surface area contributed by atoms with Gasteiger partial charge in [0.05, 0.1) is 12.6 Å². The lowest BCUT2D eigenvalue weighted by Crippen LogP contribution is -2.68. The minimum Gasteiger partial charge on any atom is -0.380 e. The SMILES string of the molecule is C=C[C@@H]1CN2CC[C@@H]1C[C@@H]2[C@]12Nc3ccccc3[C@@]1(O)CCO2. The summed E-state index contributed by atoms with van der Waals surface area (Å²) < 4.78 is 6.28. The van der Waals surface area contributed by atoms with Gasteiger partial charge < -0.3 is 15.2 Å². The Balaban J connectivity index is 1.57. The molecule has 5 aliphatic heterocycles. The van der Waals surface area contributed by atoms with Gasteiger partial charge in [-0.15, -0.1) is 6.58 Å². The Morgan fingerprint density at radius 2 is 2.26 bits per heavy atom. The summed E-state index contributed by atoms with van der Waals surface area (Å²) in [5, 5.41) is 15.2. The van der Waals surface area contributed by atoms with Crippen molar-refractivity contribution in [2.45, 2.75) is 36.6 Å². The van der Waals surface area contributed by atoms with Gasteiger partial charge in [0.1, 0.15) is 5.60 Å². The first-order valence-electron chi connectivity index (χ1n) is 8.78. The molecule has 4 heteroatoms. The number of para-hydroxylation sites is 1. The van der Waals surface area contributed by atoms with Crippen LogP contribution in [0.4, 0.5) is 5.69 Å². The number of nitrogens with one attached hydrogen (secondary N) is 1. The van der Waals surface area contributed by atoms with Crippen LogP contribution in [0.5, 0.6) is 0 Å². The van der Waals surface area contributed by atoms with Gasteiger partial charge in [0.2, 0.25) is 0 Å². The maximum absolute atomic E-state index is 11.6. The minimum atomic E-state index is -0.921. The molecule has 5 heterocycles. The number of nitrogens with zero attached hydrogens (tertiary/aromatic N) is 1. The van der Waals surface area contributed by atoms with Crippen molar-refractivity contribution in [2.24, 2.45) is 11.8 Å². The van der Waals surface area contributed by atoms with Gasteiger partial charge in [-0.25, -0.2) is 0 Å². The lowest BCUT2D eigenvalue weighted by atomic mass is 9.70. The smallest absolute Gasteiger partial charge is 0.187 e. The van der Waals surface area contributed by atoms with Crippen molar-refractivity contribution >= 4 is 5.69 Å². The summed E-state index contributed by atoms with van der Waals surface area (Å²) in [4.78, 5) is 2.52. The molecule has 0 aromatic heterocycles. The van der Waals surface area contributed by atoms with Crippen molar-refractivity contribution in [3.05, 3.63) is 42.5 Å². The first-order valence-corrected chi connectivity index (χ1v) is 8.78.